The highest BCUT2D eigenvalue weighted by molar-refractivity contribution is 6.30. The molecule has 2 heterocycles. The highest BCUT2D eigenvalue weighted by Crippen LogP contribution is 2.20. The summed E-state index contributed by atoms with van der Waals surface area (Å²) in [6.07, 6.45) is 0.309. The summed E-state index contributed by atoms with van der Waals surface area (Å²) in [5.41, 5.74) is 0.501. The van der Waals surface area contributed by atoms with Crippen LogP contribution in [0.15, 0.2) is 33.9 Å². The van der Waals surface area contributed by atoms with E-state index in [1.807, 2.05) is 12.1 Å². The van der Waals surface area contributed by atoms with Crippen molar-refractivity contribution in [3.05, 3.63) is 55.7 Å². The van der Waals surface area contributed by atoms with E-state index in [4.69, 9.17) is 21.4 Å². The Kier molecular flexibility index (Phi) is 5.15. The summed E-state index contributed by atoms with van der Waals surface area (Å²) < 4.78 is 9.38. The first-order valence-electron chi connectivity index (χ1n) is 8.07. The van der Waals surface area contributed by atoms with E-state index < -0.39 is 11.2 Å². The number of benzene rings is 1. The van der Waals surface area contributed by atoms with Crippen molar-refractivity contribution >= 4 is 22.8 Å². The van der Waals surface area contributed by atoms with Crippen LogP contribution in [0.4, 0.5) is 0 Å². The van der Waals surface area contributed by atoms with Gasteiger partial charge in [0.2, 0.25) is 0 Å². The lowest BCUT2D eigenvalue weighted by Gasteiger charge is -2.10. The molecule has 0 amide bonds. The minimum atomic E-state index is -0.477. The second-order valence-electron chi connectivity index (χ2n) is 5.86. The number of rotatable bonds is 6. The lowest BCUT2D eigenvalue weighted by Crippen LogP contribution is -2.39. The first-order valence-corrected chi connectivity index (χ1v) is 8.45. The molecule has 3 rings (SSSR count). The van der Waals surface area contributed by atoms with E-state index in [1.165, 1.54) is 11.7 Å². The number of aliphatic hydroxyl groups is 1. The van der Waals surface area contributed by atoms with Gasteiger partial charge in [0, 0.05) is 25.2 Å². The molecule has 0 spiro atoms. The molecule has 0 aliphatic carbocycles. The van der Waals surface area contributed by atoms with Crippen molar-refractivity contribution in [1.82, 2.24) is 18.7 Å². The summed E-state index contributed by atoms with van der Waals surface area (Å²) in [7, 11) is 3.01. The van der Waals surface area contributed by atoms with E-state index in [1.54, 1.807) is 23.7 Å². The SMILES string of the molecule is COc1nc2c(c(=O)n(CCCO)c(=O)n2C)n1Cc1ccc(Cl)cc1. The minimum Gasteiger partial charge on any atom is -0.468 e. The van der Waals surface area contributed by atoms with Crippen molar-refractivity contribution in [1.29, 1.82) is 0 Å². The molecule has 26 heavy (non-hydrogen) atoms. The zero-order valence-electron chi connectivity index (χ0n) is 14.5. The van der Waals surface area contributed by atoms with E-state index in [2.05, 4.69) is 4.98 Å². The average Bonchev–Trinajstić information content (AvgIpc) is 3.00. The van der Waals surface area contributed by atoms with Gasteiger partial charge in [-0.15, -0.1) is 0 Å². The highest BCUT2D eigenvalue weighted by atomic mass is 35.5. The number of aliphatic hydroxyl groups excluding tert-OH is 1. The van der Waals surface area contributed by atoms with Crippen LogP contribution in [0.2, 0.25) is 5.02 Å². The number of fused-ring (bicyclic) bond motifs is 1. The van der Waals surface area contributed by atoms with Crippen LogP contribution in [-0.2, 0) is 20.1 Å². The number of aryl methyl sites for hydroxylation is 1. The zero-order chi connectivity index (χ0) is 18.8. The Morgan fingerprint density at radius 1 is 1.19 bits per heavy atom. The van der Waals surface area contributed by atoms with Gasteiger partial charge in [-0.05, 0) is 24.1 Å². The molecule has 138 valence electrons. The monoisotopic (exact) mass is 378 g/mol. The second kappa shape index (κ2) is 7.35. The van der Waals surface area contributed by atoms with Gasteiger partial charge in [-0.25, -0.2) is 4.79 Å². The number of imidazole rings is 1. The zero-order valence-corrected chi connectivity index (χ0v) is 15.2. The van der Waals surface area contributed by atoms with Crippen LogP contribution >= 0.6 is 11.6 Å². The molecule has 0 aliphatic heterocycles. The molecule has 0 saturated heterocycles. The first kappa shape index (κ1) is 18.2. The van der Waals surface area contributed by atoms with Crippen molar-refractivity contribution in [2.45, 2.75) is 19.5 Å². The van der Waals surface area contributed by atoms with Crippen LogP contribution in [0.3, 0.4) is 0 Å². The number of nitrogens with zero attached hydrogens (tertiary/aromatic N) is 4. The maximum Gasteiger partial charge on any atom is 0.332 e. The normalized spacial score (nSPS) is 11.2. The average molecular weight is 379 g/mol. The maximum atomic E-state index is 12.9. The lowest BCUT2D eigenvalue weighted by molar-refractivity contribution is 0.277. The molecule has 2 aromatic heterocycles. The van der Waals surface area contributed by atoms with Crippen LogP contribution in [0, 0.1) is 0 Å². The van der Waals surface area contributed by atoms with Crippen LogP contribution in [0.25, 0.3) is 11.2 Å². The Balaban J connectivity index is 2.24. The van der Waals surface area contributed by atoms with Crippen LogP contribution < -0.4 is 16.0 Å². The molecule has 8 nitrogen and oxygen atoms in total. The number of methoxy groups -OCH3 is 1. The van der Waals surface area contributed by atoms with E-state index in [9.17, 15) is 9.59 Å². The van der Waals surface area contributed by atoms with Gasteiger partial charge in [0.15, 0.2) is 11.2 Å². The molecule has 0 fully saturated rings. The number of aromatic nitrogens is 4. The van der Waals surface area contributed by atoms with Gasteiger partial charge in [-0.2, -0.15) is 4.98 Å². The van der Waals surface area contributed by atoms with Gasteiger partial charge < -0.3 is 9.84 Å². The van der Waals surface area contributed by atoms with Gasteiger partial charge in [-0.3, -0.25) is 18.5 Å². The Morgan fingerprint density at radius 3 is 2.50 bits per heavy atom. The molecule has 0 unspecified atom stereocenters. The Morgan fingerprint density at radius 2 is 1.88 bits per heavy atom. The molecule has 3 aromatic rings. The number of hydrogen-bond acceptors (Lipinski definition) is 5. The van der Waals surface area contributed by atoms with Gasteiger partial charge in [0.25, 0.3) is 11.6 Å². The van der Waals surface area contributed by atoms with Gasteiger partial charge >= 0.3 is 5.69 Å². The Bertz CT molecular complexity index is 1050. The molecule has 0 aliphatic rings. The van der Waals surface area contributed by atoms with E-state index in [0.717, 1.165) is 10.1 Å². The third-order valence-corrected chi connectivity index (χ3v) is 4.43. The van der Waals surface area contributed by atoms with Crippen LogP contribution in [0.1, 0.15) is 12.0 Å². The summed E-state index contributed by atoms with van der Waals surface area (Å²) in [6.45, 7) is 0.359. The Labute approximate surface area is 153 Å². The molecular weight excluding hydrogens is 360 g/mol. The predicted molar refractivity (Wildman–Crippen MR) is 98.0 cm³/mol. The fraction of sp³-hybridized carbons (Fsp3) is 0.353. The topological polar surface area (TPSA) is 91.3 Å². The van der Waals surface area contributed by atoms with Gasteiger partial charge in [0.1, 0.15) is 0 Å². The third-order valence-electron chi connectivity index (χ3n) is 4.17. The number of hydrogen-bond donors (Lipinski definition) is 1. The largest absolute Gasteiger partial charge is 0.468 e. The summed E-state index contributed by atoms with van der Waals surface area (Å²) in [5.74, 6) is 0. The number of ether oxygens (including phenoxy) is 1. The standard InChI is InChI=1S/C17H19ClN4O4/c1-20-14-13(15(24)21(17(20)25)8-3-9-23)22(16(19-14)26-2)10-11-4-6-12(18)7-5-11/h4-7,23H,3,8-10H2,1-2H3. The molecule has 0 radical (unpaired) electrons. The molecule has 1 N–H and O–H groups in total. The lowest BCUT2D eigenvalue weighted by atomic mass is 10.2. The molecule has 0 bridgehead atoms. The third kappa shape index (κ3) is 3.13. The fourth-order valence-electron chi connectivity index (χ4n) is 2.85. The summed E-state index contributed by atoms with van der Waals surface area (Å²) in [5, 5.41) is 9.65. The van der Waals surface area contributed by atoms with Crippen molar-refractivity contribution in [2.75, 3.05) is 13.7 Å². The summed E-state index contributed by atoms with van der Waals surface area (Å²) in [4.78, 5) is 29.7. The quantitative estimate of drug-likeness (QED) is 0.690. The van der Waals surface area contributed by atoms with Gasteiger partial charge in [-0.1, -0.05) is 23.7 Å². The highest BCUT2D eigenvalue weighted by Gasteiger charge is 2.20. The van der Waals surface area contributed by atoms with E-state index in [-0.39, 0.29) is 30.3 Å². The van der Waals surface area contributed by atoms with Crippen molar-refractivity contribution in [2.24, 2.45) is 7.05 Å². The van der Waals surface area contributed by atoms with E-state index in [0.29, 0.717) is 18.0 Å². The van der Waals surface area contributed by atoms with Gasteiger partial charge in [0.05, 0.1) is 13.7 Å². The molecule has 1 aromatic carbocycles. The van der Waals surface area contributed by atoms with Crippen molar-refractivity contribution < 1.29 is 9.84 Å². The maximum absolute atomic E-state index is 12.9. The smallest absolute Gasteiger partial charge is 0.332 e. The summed E-state index contributed by atoms with van der Waals surface area (Å²) in [6, 6.07) is 7.46. The fourth-order valence-corrected chi connectivity index (χ4v) is 2.98. The van der Waals surface area contributed by atoms with Crippen LogP contribution in [-0.4, -0.2) is 37.5 Å². The first-order chi connectivity index (χ1) is 12.5. The molecule has 0 atom stereocenters. The number of halogens is 1. The molecule has 9 heteroatoms. The second-order valence-corrected chi connectivity index (χ2v) is 6.30. The molecular formula is C17H19ClN4O4. The van der Waals surface area contributed by atoms with Crippen molar-refractivity contribution in [3.8, 4) is 6.01 Å². The predicted octanol–water partition coefficient (Wildman–Crippen LogP) is 0.989. The molecule has 0 saturated carbocycles. The van der Waals surface area contributed by atoms with Crippen LogP contribution in [0.5, 0.6) is 6.01 Å². The minimum absolute atomic E-state index is 0.110. The Hall–Kier alpha value is -2.58. The van der Waals surface area contributed by atoms with E-state index >= 15 is 0 Å². The summed E-state index contributed by atoms with van der Waals surface area (Å²) >= 11 is 5.92. The van der Waals surface area contributed by atoms with Crippen molar-refractivity contribution in [3.63, 3.8) is 0 Å².